The molecule has 0 saturated heterocycles. The summed E-state index contributed by atoms with van der Waals surface area (Å²) in [6.45, 7) is 1.81. The maximum atomic E-state index is 10.5. The first-order valence-electron chi connectivity index (χ1n) is 4.11. The molecular formula is C8H9N3O3S. The molecule has 0 bridgehead atoms. The Balaban J connectivity index is 2.50. The second-order valence-electron chi connectivity index (χ2n) is 2.63. The van der Waals surface area contributed by atoms with E-state index < -0.39 is 4.92 Å². The average molecular weight is 227 g/mol. The van der Waals surface area contributed by atoms with Crippen molar-refractivity contribution in [3.05, 3.63) is 27.4 Å². The van der Waals surface area contributed by atoms with Crippen LogP contribution in [0.4, 0.5) is 5.00 Å². The number of carbonyl (C=O) groups is 1. The van der Waals surface area contributed by atoms with Gasteiger partial charge in [0.1, 0.15) is 11.2 Å². The van der Waals surface area contributed by atoms with Gasteiger partial charge in [-0.15, -0.1) is 0 Å². The largest absolute Gasteiger partial charge is 0.353 e. The lowest BCUT2D eigenvalue weighted by Crippen LogP contribution is -2.19. The average Bonchev–Trinajstić information content (AvgIpc) is 2.60. The molecule has 0 saturated carbocycles. The van der Waals surface area contributed by atoms with Crippen LogP contribution in [0.2, 0.25) is 0 Å². The molecule has 1 N–H and O–H groups in total. The number of nitrogens with zero attached hydrogens (tertiary/aromatic N) is 2. The van der Waals surface area contributed by atoms with Gasteiger partial charge >= 0.3 is 5.00 Å². The molecular weight excluding hydrogens is 218 g/mol. The number of nitrogens with one attached hydrogen (secondary N) is 1. The minimum atomic E-state index is -0.483. The van der Waals surface area contributed by atoms with E-state index in [4.69, 9.17) is 0 Å². The minimum absolute atomic E-state index is 0.00850. The molecule has 1 aromatic rings. The van der Waals surface area contributed by atoms with Crippen molar-refractivity contribution in [3.8, 4) is 0 Å². The van der Waals surface area contributed by atoms with E-state index >= 15 is 0 Å². The Morgan fingerprint density at radius 1 is 1.80 bits per heavy atom. The Kier molecular flexibility index (Phi) is 3.92. The predicted octanol–water partition coefficient (Wildman–Crippen LogP) is 1.20. The molecule has 0 fully saturated rings. The van der Waals surface area contributed by atoms with Crippen LogP contribution < -0.4 is 5.32 Å². The smallest absolute Gasteiger partial charge is 0.344 e. The van der Waals surface area contributed by atoms with Crippen molar-refractivity contribution < 1.29 is 9.72 Å². The highest BCUT2D eigenvalue weighted by molar-refractivity contribution is 7.15. The zero-order valence-corrected chi connectivity index (χ0v) is 8.78. The first-order valence-corrected chi connectivity index (χ1v) is 4.92. The van der Waals surface area contributed by atoms with E-state index in [0.717, 1.165) is 11.3 Å². The molecule has 0 atom stereocenters. The Labute approximate surface area is 89.8 Å². The first-order chi connectivity index (χ1) is 7.09. The van der Waals surface area contributed by atoms with Gasteiger partial charge in [0.05, 0.1) is 4.92 Å². The Bertz CT molecular complexity index is 400. The Morgan fingerprint density at radius 2 is 2.53 bits per heavy atom. The van der Waals surface area contributed by atoms with Crippen LogP contribution in [0, 0.1) is 10.1 Å². The first kappa shape index (κ1) is 11.3. The van der Waals surface area contributed by atoms with Gasteiger partial charge in [0.15, 0.2) is 0 Å². The highest BCUT2D eigenvalue weighted by atomic mass is 32.1. The molecule has 80 valence electrons. The Morgan fingerprint density at radius 3 is 3.07 bits per heavy atom. The summed E-state index contributed by atoms with van der Waals surface area (Å²) in [6.07, 6.45) is 4.53. The molecule has 1 heterocycles. The van der Waals surface area contributed by atoms with E-state index in [1.54, 1.807) is 12.2 Å². The van der Waals surface area contributed by atoms with Crippen molar-refractivity contribution in [1.82, 2.24) is 10.3 Å². The van der Waals surface area contributed by atoms with Crippen LogP contribution in [0.5, 0.6) is 0 Å². The van der Waals surface area contributed by atoms with Crippen molar-refractivity contribution in [2.45, 2.75) is 6.92 Å². The van der Waals surface area contributed by atoms with E-state index in [-0.39, 0.29) is 10.9 Å². The molecule has 7 heteroatoms. The van der Waals surface area contributed by atoms with Crippen LogP contribution in [0.3, 0.4) is 0 Å². The van der Waals surface area contributed by atoms with E-state index in [0.29, 0.717) is 11.6 Å². The second-order valence-corrected chi connectivity index (χ2v) is 3.67. The van der Waals surface area contributed by atoms with Crippen LogP contribution in [0.25, 0.3) is 6.08 Å². The van der Waals surface area contributed by atoms with Crippen LogP contribution >= 0.6 is 11.3 Å². The molecule has 15 heavy (non-hydrogen) atoms. The number of rotatable bonds is 4. The number of aromatic nitrogens is 1. The van der Waals surface area contributed by atoms with Gasteiger partial charge in [0.2, 0.25) is 5.91 Å². The van der Waals surface area contributed by atoms with Gasteiger partial charge in [0, 0.05) is 13.5 Å². The summed E-state index contributed by atoms with van der Waals surface area (Å²) in [4.78, 5) is 24.2. The molecule has 0 aromatic carbocycles. The summed E-state index contributed by atoms with van der Waals surface area (Å²) in [6, 6.07) is 0. The SMILES string of the molecule is CC(=O)NCC=Cc1ncc([N+](=O)[O-])s1. The molecule has 1 rings (SSSR count). The monoisotopic (exact) mass is 227 g/mol. The maximum absolute atomic E-state index is 10.5. The molecule has 0 aliphatic heterocycles. The van der Waals surface area contributed by atoms with Crippen LogP contribution in [0.15, 0.2) is 12.3 Å². The van der Waals surface area contributed by atoms with E-state index in [9.17, 15) is 14.9 Å². The van der Waals surface area contributed by atoms with Gasteiger partial charge in [-0.05, 0) is 17.4 Å². The zero-order valence-electron chi connectivity index (χ0n) is 7.97. The van der Waals surface area contributed by atoms with Gasteiger partial charge in [-0.3, -0.25) is 14.9 Å². The highest BCUT2D eigenvalue weighted by Crippen LogP contribution is 2.21. The van der Waals surface area contributed by atoms with E-state index in [2.05, 4.69) is 10.3 Å². The standard InChI is InChI=1S/C8H9N3O3S/c1-6(12)9-4-2-3-7-10-5-8(15-7)11(13)14/h2-3,5H,4H2,1H3,(H,9,12). The summed E-state index contributed by atoms with van der Waals surface area (Å²) in [5.74, 6) is -0.121. The molecule has 1 amide bonds. The third-order valence-electron chi connectivity index (χ3n) is 1.42. The fourth-order valence-electron chi connectivity index (χ4n) is 0.803. The molecule has 0 radical (unpaired) electrons. The van der Waals surface area contributed by atoms with Crippen molar-refractivity contribution in [3.63, 3.8) is 0 Å². The van der Waals surface area contributed by atoms with Crippen molar-refractivity contribution in [1.29, 1.82) is 0 Å². The second kappa shape index (κ2) is 5.20. The number of hydrogen-bond donors (Lipinski definition) is 1. The molecule has 0 aliphatic rings. The molecule has 0 aliphatic carbocycles. The van der Waals surface area contributed by atoms with Crippen molar-refractivity contribution in [2.75, 3.05) is 6.54 Å². The highest BCUT2D eigenvalue weighted by Gasteiger charge is 2.08. The lowest BCUT2D eigenvalue weighted by Gasteiger charge is -1.92. The number of carbonyl (C=O) groups excluding carboxylic acids is 1. The topological polar surface area (TPSA) is 85.1 Å². The summed E-state index contributed by atoms with van der Waals surface area (Å²) < 4.78 is 0. The van der Waals surface area contributed by atoms with Crippen LogP contribution in [0.1, 0.15) is 11.9 Å². The number of thiazole rings is 1. The molecule has 0 spiro atoms. The normalized spacial score (nSPS) is 10.5. The molecule has 6 nitrogen and oxygen atoms in total. The van der Waals surface area contributed by atoms with E-state index in [1.165, 1.54) is 13.1 Å². The fourth-order valence-corrected chi connectivity index (χ4v) is 1.47. The molecule has 0 unspecified atom stereocenters. The summed E-state index contributed by atoms with van der Waals surface area (Å²) in [7, 11) is 0. The van der Waals surface area contributed by atoms with Gasteiger partial charge in [-0.1, -0.05) is 6.08 Å². The minimum Gasteiger partial charge on any atom is -0.353 e. The zero-order chi connectivity index (χ0) is 11.3. The van der Waals surface area contributed by atoms with Gasteiger partial charge in [-0.25, -0.2) is 4.98 Å². The summed E-state index contributed by atoms with van der Waals surface area (Å²) in [5, 5.41) is 13.4. The third kappa shape index (κ3) is 3.86. The van der Waals surface area contributed by atoms with Gasteiger partial charge in [-0.2, -0.15) is 0 Å². The molecule has 1 aromatic heterocycles. The fraction of sp³-hybridized carbons (Fsp3) is 0.250. The predicted molar refractivity (Wildman–Crippen MR) is 56.5 cm³/mol. The maximum Gasteiger partial charge on any atom is 0.344 e. The number of nitro groups is 1. The summed E-state index contributed by atoms with van der Waals surface area (Å²) in [5.41, 5.74) is 0. The van der Waals surface area contributed by atoms with E-state index in [1.807, 2.05) is 0 Å². The lowest BCUT2D eigenvalue weighted by atomic mass is 10.5. The third-order valence-corrected chi connectivity index (χ3v) is 2.33. The van der Waals surface area contributed by atoms with Crippen LogP contribution in [-0.2, 0) is 4.79 Å². The Hall–Kier alpha value is -1.76. The summed E-state index contributed by atoms with van der Waals surface area (Å²) >= 11 is 0.990. The number of amides is 1. The number of hydrogen-bond acceptors (Lipinski definition) is 5. The van der Waals surface area contributed by atoms with Crippen molar-refractivity contribution >= 4 is 28.3 Å². The van der Waals surface area contributed by atoms with Gasteiger partial charge < -0.3 is 5.32 Å². The van der Waals surface area contributed by atoms with Gasteiger partial charge in [0.25, 0.3) is 0 Å². The van der Waals surface area contributed by atoms with Crippen LogP contribution in [-0.4, -0.2) is 22.4 Å². The van der Waals surface area contributed by atoms with Crippen molar-refractivity contribution in [2.24, 2.45) is 0 Å². The lowest BCUT2D eigenvalue weighted by molar-refractivity contribution is -0.380. The quantitative estimate of drug-likeness (QED) is 0.618.